The largest absolute Gasteiger partial charge is 0.508 e. The van der Waals surface area contributed by atoms with Crippen LogP contribution in [0.15, 0.2) is 53.3 Å². The van der Waals surface area contributed by atoms with Crippen LogP contribution < -0.4 is 10.5 Å². The number of aromatic amines is 1. The van der Waals surface area contributed by atoms with Crippen LogP contribution in [0.4, 0.5) is 28.4 Å². The molecule has 0 saturated carbocycles. The number of pyridine rings is 1. The summed E-state index contributed by atoms with van der Waals surface area (Å²) >= 11 is 0. The smallest absolute Gasteiger partial charge is 0.440 e. The highest BCUT2D eigenvalue weighted by Crippen LogP contribution is 2.36. The first-order valence-electron chi connectivity index (χ1n) is 13.6. The van der Waals surface area contributed by atoms with Crippen molar-refractivity contribution in [3.8, 4) is 11.3 Å². The third-order valence-electron chi connectivity index (χ3n) is 6.35. The highest BCUT2D eigenvalue weighted by molar-refractivity contribution is 5.94. The van der Waals surface area contributed by atoms with Crippen LogP contribution in [0, 0.1) is 0 Å². The molecule has 0 unspecified atom stereocenters. The molecule has 15 heteroatoms. The maximum atomic E-state index is 13.5. The number of H-pyrrole nitrogens is 1. The monoisotopic (exact) mass is 624 g/mol. The van der Waals surface area contributed by atoms with Crippen LogP contribution in [-0.2, 0) is 34.6 Å². The number of fused-ring (bicyclic) bond motifs is 1. The molecule has 0 aliphatic carbocycles. The SMILES string of the molecule is O=C(OCCOCCOCCOCCO)OC[C@@H]1CN(c2ccc3cc(-c4ccccc4C(F)(F)F)[nH]c(=O)c3c2)C(=O)O1. The number of ether oxygens (including phenoxy) is 6. The molecule has 1 saturated heterocycles. The molecule has 12 nitrogen and oxygen atoms in total. The Labute approximate surface area is 249 Å². The molecule has 2 N–H and O–H groups in total. The summed E-state index contributed by atoms with van der Waals surface area (Å²) in [5.41, 5.74) is -1.35. The minimum absolute atomic E-state index is 0.00484. The number of benzene rings is 2. The van der Waals surface area contributed by atoms with Crippen molar-refractivity contribution < 1.29 is 56.3 Å². The lowest BCUT2D eigenvalue weighted by Crippen LogP contribution is -2.27. The molecule has 2 heterocycles. The number of aromatic nitrogens is 1. The molecule has 44 heavy (non-hydrogen) atoms. The molecule has 1 aromatic heterocycles. The van der Waals surface area contributed by atoms with E-state index in [1.54, 1.807) is 0 Å². The fourth-order valence-corrected chi connectivity index (χ4v) is 4.34. The molecule has 1 fully saturated rings. The minimum atomic E-state index is -4.61. The number of rotatable bonds is 15. The number of cyclic esters (lactones) is 1. The summed E-state index contributed by atoms with van der Waals surface area (Å²) in [6.07, 6.45) is -7.11. The lowest BCUT2D eigenvalue weighted by atomic mass is 10.0. The van der Waals surface area contributed by atoms with Gasteiger partial charge in [-0.15, -0.1) is 0 Å². The molecular weight excluding hydrogens is 593 g/mol. The quantitative estimate of drug-likeness (QED) is 0.190. The van der Waals surface area contributed by atoms with Gasteiger partial charge < -0.3 is 38.5 Å². The van der Waals surface area contributed by atoms with Crippen molar-refractivity contribution in [1.29, 1.82) is 0 Å². The van der Waals surface area contributed by atoms with Crippen LogP contribution in [0.5, 0.6) is 0 Å². The minimum Gasteiger partial charge on any atom is -0.440 e. The maximum absolute atomic E-state index is 13.5. The van der Waals surface area contributed by atoms with Gasteiger partial charge in [0.15, 0.2) is 6.10 Å². The lowest BCUT2D eigenvalue weighted by molar-refractivity contribution is -0.137. The summed E-state index contributed by atoms with van der Waals surface area (Å²) in [6.45, 7) is 1.31. The number of carbonyl (C=O) groups excluding carboxylic acids is 2. The number of aliphatic hydroxyl groups is 1. The first-order valence-corrected chi connectivity index (χ1v) is 13.6. The third kappa shape index (κ3) is 8.92. The van der Waals surface area contributed by atoms with Gasteiger partial charge in [-0.05, 0) is 29.7 Å². The fraction of sp³-hybridized carbons (Fsp3) is 0.414. The van der Waals surface area contributed by atoms with Crippen molar-refractivity contribution in [3.05, 3.63) is 64.4 Å². The van der Waals surface area contributed by atoms with Crippen LogP contribution in [0.3, 0.4) is 0 Å². The zero-order valence-corrected chi connectivity index (χ0v) is 23.5. The van der Waals surface area contributed by atoms with E-state index < -0.39 is 35.7 Å². The Kier molecular flexibility index (Phi) is 11.5. The van der Waals surface area contributed by atoms with Crippen LogP contribution >= 0.6 is 0 Å². The van der Waals surface area contributed by atoms with Gasteiger partial charge in [0.05, 0.1) is 58.4 Å². The number of anilines is 1. The average Bonchev–Trinajstić information content (AvgIpc) is 3.38. The van der Waals surface area contributed by atoms with Gasteiger partial charge in [0.1, 0.15) is 13.2 Å². The van der Waals surface area contributed by atoms with Gasteiger partial charge in [0.25, 0.3) is 5.56 Å². The van der Waals surface area contributed by atoms with Crippen LogP contribution in [-0.4, -0.2) is 94.4 Å². The van der Waals surface area contributed by atoms with E-state index in [0.717, 1.165) is 6.07 Å². The topological polar surface area (TPSA) is 146 Å². The van der Waals surface area contributed by atoms with Gasteiger partial charge in [0.2, 0.25) is 0 Å². The van der Waals surface area contributed by atoms with E-state index in [4.69, 9.17) is 33.5 Å². The number of nitrogens with zero attached hydrogens (tertiary/aromatic N) is 1. The van der Waals surface area contributed by atoms with Gasteiger partial charge in [-0.2, -0.15) is 13.2 Å². The number of hydrogen-bond acceptors (Lipinski definition) is 10. The van der Waals surface area contributed by atoms with Crippen molar-refractivity contribution in [2.24, 2.45) is 0 Å². The summed E-state index contributed by atoms with van der Waals surface area (Å²) in [5, 5.41) is 9.12. The number of carbonyl (C=O) groups is 2. The number of alkyl halides is 3. The first-order chi connectivity index (χ1) is 21.2. The predicted octanol–water partition coefficient (Wildman–Crippen LogP) is 3.73. The van der Waals surface area contributed by atoms with E-state index in [9.17, 15) is 27.6 Å². The van der Waals surface area contributed by atoms with Gasteiger partial charge in [-0.3, -0.25) is 9.69 Å². The summed E-state index contributed by atoms with van der Waals surface area (Å²) in [6, 6.07) is 10.9. The molecule has 238 valence electrons. The fourth-order valence-electron chi connectivity index (χ4n) is 4.34. The highest BCUT2D eigenvalue weighted by Gasteiger charge is 2.35. The van der Waals surface area contributed by atoms with Crippen molar-refractivity contribution in [3.63, 3.8) is 0 Å². The molecule has 0 radical (unpaired) electrons. The Bertz CT molecular complexity index is 1480. The molecule has 0 spiro atoms. The Balaban J connectivity index is 1.25. The highest BCUT2D eigenvalue weighted by atomic mass is 19.4. The van der Waals surface area contributed by atoms with Gasteiger partial charge in [-0.25, -0.2) is 9.59 Å². The number of amides is 1. The van der Waals surface area contributed by atoms with Gasteiger partial charge >= 0.3 is 18.4 Å². The third-order valence-corrected chi connectivity index (χ3v) is 6.35. The Morgan fingerprint density at radius 1 is 0.932 bits per heavy atom. The standard InChI is InChI=1S/C29H31F3N2O10/c30-29(31,32)24-4-2-1-3-22(24)25-15-19-5-6-20(16-23(19)26(36)33-25)34-17-21(44-27(34)37)18-43-28(38)42-14-13-41-12-11-40-10-9-39-8-7-35/h1-6,15-16,21,35H,7-14,17-18H2,(H,33,36)/t21-/m0/s1. The summed E-state index contributed by atoms with van der Waals surface area (Å²) in [4.78, 5) is 41.0. The molecule has 0 bridgehead atoms. The normalized spacial score (nSPS) is 15.0. The Hall–Kier alpha value is -4.18. The maximum Gasteiger partial charge on any atom is 0.508 e. The van der Waals surface area contributed by atoms with Gasteiger partial charge in [0, 0.05) is 22.3 Å². The van der Waals surface area contributed by atoms with Crippen LogP contribution in [0.25, 0.3) is 22.0 Å². The zero-order chi connectivity index (χ0) is 31.5. The summed E-state index contributed by atoms with van der Waals surface area (Å²) < 4.78 is 71.3. The van der Waals surface area contributed by atoms with E-state index in [1.807, 2.05) is 0 Å². The Morgan fingerprint density at radius 2 is 1.61 bits per heavy atom. The van der Waals surface area contributed by atoms with E-state index in [1.165, 1.54) is 47.4 Å². The summed E-state index contributed by atoms with van der Waals surface area (Å²) in [7, 11) is 0. The predicted molar refractivity (Wildman–Crippen MR) is 149 cm³/mol. The van der Waals surface area contributed by atoms with Crippen molar-refractivity contribution in [1.82, 2.24) is 4.98 Å². The van der Waals surface area contributed by atoms with Crippen LogP contribution in [0.2, 0.25) is 0 Å². The molecular formula is C29H31F3N2O10. The Morgan fingerprint density at radius 3 is 2.32 bits per heavy atom. The second kappa shape index (κ2) is 15.5. The van der Waals surface area contributed by atoms with E-state index in [2.05, 4.69) is 4.98 Å². The number of hydrogen-bond donors (Lipinski definition) is 2. The van der Waals surface area contributed by atoms with E-state index in [0.29, 0.717) is 30.9 Å². The van der Waals surface area contributed by atoms with Gasteiger partial charge in [-0.1, -0.05) is 24.3 Å². The van der Waals surface area contributed by atoms with Crippen molar-refractivity contribution in [2.45, 2.75) is 12.3 Å². The van der Waals surface area contributed by atoms with Crippen LogP contribution in [0.1, 0.15) is 5.56 Å². The van der Waals surface area contributed by atoms with Crippen molar-refractivity contribution in [2.75, 3.05) is 70.9 Å². The zero-order valence-electron chi connectivity index (χ0n) is 23.5. The molecule has 4 rings (SSSR count). The van der Waals surface area contributed by atoms with Crippen molar-refractivity contribution >= 4 is 28.7 Å². The molecule has 1 aliphatic rings. The second-order valence-electron chi connectivity index (χ2n) is 9.41. The molecule has 1 amide bonds. The average molecular weight is 625 g/mol. The summed E-state index contributed by atoms with van der Waals surface area (Å²) in [5.74, 6) is 0. The first kappa shape index (κ1) is 32.7. The number of nitrogens with one attached hydrogen (secondary N) is 1. The van der Waals surface area contributed by atoms with E-state index in [-0.39, 0.29) is 62.8 Å². The molecule has 3 aromatic rings. The second-order valence-corrected chi connectivity index (χ2v) is 9.41. The molecule has 1 atom stereocenters. The molecule has 1 aliphatic heterocycles. The number of halogens is 3. The van der Waals surface area contributed by atoms with E-state index >= 15 is 0 Å². The lowest BCUT2D eigenvalue weighted by Gasteiger charge is -2.15. The molecule has 2 aromatic carbocycles. The number of aliphatic hydroxyl groups excluding tert-OH is 1.